The van der Waals surface area contributed by atoms with Crippen molar-refractivity contribution in [2.45, 2.75) is 25.3 Å². The Balaban J connectivity index is 1.85. The molecule has 0 atom stereocenters. The van der Waals surface area contributed by atoms with Gasteiger partial charge in [-0.1, -0.05) is 0 Å². The summed E-state index contributed by atoms with van der Waals surface area (Å²) in [6.07, 6.45) is 2.07. The Labute approximate surface area is 132 Å². The summed E-state index contributed by atoms with van der Waals surface area (Å²) in [5.41, 5.74) is 0.153. The van der Waals surface area contributed by atoms with Crippen LogP contribution in [0.1, 0.15) is 30.4 Å². The van der Waals surface area contributed by atoms with Crippen LogP contribution in [0.15, 0.2) is 6.20 Å². The molecule has 0 aromatic carbocycles. The minimum absolute atomic E-state index is 0.0612. The largest absolute Gasteiger partial charge is 0.479 e. The number of aromatic nitrogens is 4. The number of fused-ring (bicyclic) bond motifs is 1. The molecule has 1 aliphatic rings. The SMILES string of the molecule is Cn1c(C(=O)NC2(C)CCS(=O)(=O)CC2)nc2cnc(O)nc21. The number of rotatable bonds is 2. The monoisotopic (exact) mass is 339 g/mol. The molecular formula is C13H17N5O4S. The van der Waals surface area contributed by atoms with Crippen molar-refractivity contribution in [2.75, 3.05) is 11.5 Å². The molecule has 124 valence electrons. The second-order valence-electron chi connectivity index (χ2n) is 6.04. The van der Waals surface area contributed by atoms with Gasteiger partial charge in [0.15, 0.2) is 5.65 Å². The molecule has 0 unspecified atom stereocenters. The Morgan fingerprint density at radius 3 is 2.65 bits per heavy atom. The predicted octanol–water partition coefficient (Wildman–Crippen LogP) is -0.234. The van der Waals surface area contributed by atoms with E-state index in [-0.39, 0.29) is 17.3 Å². The van der Waals surface area contributed by atoms with Crippen LogP contribution in [0, 0.1) is 0 Å². The average molecular weight is 339 g/mol. The number of sulfone groups is 1. The lowest BCUT2D eigenvalue weighted by molar-refractivity contribution is 0.0886. The van der Waals surface area contributed by atoms with Gasteiger partial charge in [-0.05, 0) is 19.8 Å². The molecule has 2 N–H and O–H groups in total. The lowest BCUT2D eigenvalue weighted by atomic mass is 9.95. The number of carbonyl (C=O) groups excluding carboxylic acids is 1. The second-order valence-corrected chi connectivity index (χ2v) is 8.34. The summed E-state index contributed by atoms with van der Waals surface area (Å²) in [6, 6.07) is -0.392. The summed E-state index contributed by atoms with van der Waals surface area (Å²) in [4.78, 5) is 24.2. The summed E-state index contributed by atoms with van der Waals surface area (Å²) in [7, 11) is -1.39. The lowest BCUT2D eigenvalue weighted by Gasteiger charge is -2.34. The number of nitrogens with zero attached hydrogens (tertiary/aromatic N) is 4. The molecule has 2 aromatic heterocycles. The van der Waals surface area contributed by atoms with Crippen molar-refractivity contribution in [1.82, 2.24) is 24.8 Å². The third kappa shape index (κ3) is 2.98. The van der Waals surface area contributed by atoms with Crippen molar-refractivity contribution in [2.24, 2.45) is 7.05 Å². The number of hydrogen-bond acceptors (Lipinski definition) is 7. The zero-order valence-electron chi connectivity index (χ0n) is 12.8. The van der Waals surface area contributed by atoms with Gasteiger partial charge < -0.3 is 15.0 Å². The van der Waals surface area contributed by atoms with E-state index in [0.717, 1.165) is 0 Å². The fourth-order valence-corrected chi connectivity index (χ4v) is 4.35. The fourth-order valence-electron chi connectivity index (χ4n) is 2.62. The van der Waals surface area contributed by atoms with Crippen LogP contribution in [0.3, 0.4) is 0 Å². The van der Waals surface area contributed by atoms with Gasteiger partial charge in [0.1, 0.15) is 15.4 Å². The van der Waals surface area contributed by atoms with Gasteiger partial charge in [0.05, 0.1) is 17.7 Å². The smallest absolute Gasteiger partial charge is 0.315 e. The minimum Gasteiger partial charge on any atom is -0.479 e. The van der Waals surface area contributed by atoms with Crippen molar-refractivity contribution in [1.29, 1.82) is 0 Å². The van der Waals surface area contributed by atoms with Crippen molar-refractivity contribution < 1.29 is 18.3 Å². The molecule has 2 aromatic rings. The van der Waals surface area contributed by atoms with Gasteiger partial charge >= 0.3 is 6.01 Å². The number of nitrogens with one attached hydrogen (secondary N) is 1. The summed E-state index contributed by atoms with van der Waals surface area (Å²) in [5, 5.41) is 12.2. The normalized spacial score (nSPS) is 19.6. The lowest BCUT2D eigenvalue weighted by Crippen LogP contribution is -2.51. The van der Waals surface area contributed by atoms with E-state index in [1.54, 1.807) is 7.05 Å². The first-order valence-corrected chi connectivity index (χ1v) is 8.93. The summed E-state index contributed by atoms with van der Waals surface area (Å²) in [5.74, 6) is -0.154. The first-order valence-electron chi connectivity index (χ1n) is 7.10. The van der Waals surface area contributed by atoms with E-state index >= 15 is 0 Å². The van der Waals surface area contributed by atoms with E-state index in [4.69, 9.17) is 0 Å². The van der Waals surface area contributed by atoms with Crippen LogP contribution in [0.25, 0.3) is 11.2 Å². The summed E-state index contributed by atoms with van der Waals surface area (Å²) in [6.45, 7) is 1.83. The van der Waals surface area contributed by atoms with E-state index in [0.29, 0.717) is 24.0 Å². The molecule has 0 saturated carbocycles. The number of amides is 1. The van der Waals surface area contributed by atoms with Crippen LogP contribution in [0.5, 0.6) is 6.01 Å². The molecular weight excluding hydrogens is 322 g/mol. The number of imidazole rings is 1. The number of aryl methyl sites for hydroxylation is 1. The number of hydrogen-bond donors (Lipinski definition) is 2. The van der Waals surface area contributed by atoms with Crippen LogP contribution in [0.2, 0.25) is 0 Å². The molecule has 10 heteroatoms. The molecule has 3 rings (SSSR count). The van der Waals surface area contributed by atoms with Gasteiger partial charge in [-0.15, -0.1) is 0 Å². The molecule has 0 spiro atoms. The van der Waals surface area contributed by atoms with Crippen LogP contribution in [-0.4, -0.2) is 56.0 Å². The van der Waals surface area contributed by atoms with Crippen molar-refractivity contribution in [3.05, 3.63) is 12.0 Å². The molecule has 9 nitrogen and oxygen atoms in total. The van der Waals surface area contributed by atoms with Gasteiger partial charge in [-0.3, -0.25) is 4.79 Å². The molecule has 0 bridgehead atoms. The molecule has 1 saturated heterocycles. The molecule has 23 heavy (non-hydrogen) atoms. The maximum Gasteiger partial charge on any atom is 0.315 e. The molecule has 0 radical (unpaired) electrons. The standard InChI is InChI=1S/C13H17N5O4S/c1-13(3-5-23(21,22)6-4-13)17-11(19)10-15-8-7-14-12(20)16-9(8)18(10)2/h7H,3-6H2,1-2H3,(H,17,19)(H,14,16,20). The Morgan fingerprint density at radius 2 is 2.00 bits per heavy atom. The number of aromatic hydroxyl groups is 1. The second kappa shape index (κ2) is 5.15. The van der Waals surface area contributed by atoms with Gasteiger partial charge in [0.25, 0.3) is 5.91 Å². The van der Waals surface area contributed by atoms with E-state index in [9.17, 15) is 18.3 Å². The summed E-state index contributed by atoms with van der Waals surface area (Å²) < 4.78 is 24.5. The average Bonchev–Trinajstić information content (AvgIpc) is 2.80. The Bertz CT molecular complexity index is 875. The Morgan fingerprint density at radius 1 is 1.35 bits per heavy atom. The molecule has 3 heterocycles. The van der Waals surface area contributed by atoms with Gasteiger partial charge in [-0.25, -0.2) is 18.4 Å². The zero-order valence-corrected chi connectivity index (χ0v) is 13.6. The highest BCUT2D eigenvalue weighted by Gasteiger charge is 2.35. The topological polar surface area (TPSA) is 127 Å². The third-order valence-electron chi connectivity index (χ3n) is 4.15. The Hall–Kier alpha value is -2.23. The van der Waals surface area contributed by atoms with E-state index in [1.165, 1.54) is 10.8 Å². The highest BCUT2D eigenvalue weighted by atomic mass is 32.2. The minimum atomic E-state index is -3.01. The van der Waals surface area contributed by atoms with E-state index in [1.807, 2.05) is 6.92 Å². The van der Waals surface area contributed by atoms with Crippen LogP contribution in [-0.2, 0) is 16.9 Å². The van der Waals surface area contributed by atoms with Gasteiger partial charge in [0, 0.05) is 12.6 Å². The van der Waals surface area contributed by atoms with Crippen molar-refractivity contribution in [3.8, 4) is 6.01 Å². The van der Waals surface area contributed by atoms with Crippen LogP contribution in [0.4, 0.5) is 0 Å². The molecule has 0 aliphatic carbocycles. The van der Waals surface area contributed by atoms with Crippen LogP contribution < -0.4 is 5.32 Å². The summed E-state index contributed by atoms with van der Waals surface area (Å²) >= 11 is 0. The first-order chi connectivity index (χ1) is 10.7. The maximum atomic E-state index is 12.5. The zero-order chi connectivity index (χ0) is 16.8. The third-order valence-corrected chi connectivity index (χ3v) is 5.80. The van der Waals surface area contributed by atoms with Gasteiger partial charge in [0.2, 0.25) is 5.82 Å². The Kier molecular flexibility index (Phi) is 3.51. The quantitative estimate of drug-likeness (QED) is 0.773. The highest BCUT2D eigenvalue weighted by Crippen LogP contribution is 2.24. The number of carbonyl (C=O) groups is 1. The fraction of sp³-hybridized carbons (Fsp3) is 0.538. The van der Waals surface area contributed by atoms with Crippen LogP contribution >= 0.6 is 0 Å². The van der Waals surface area contributed by atoms with E-state index < -0.39 is 27.3 Å². The predicted molar refractivity (Wildman–Crippen MR) is 81.7 cm³/mol. The van der Waals surface area contributed by atoms with Crippen molar-refractivity contribution >= 4 is 26.9 Å². The van der Waals surface area contributed by atoms with E-state index in [2.05, 4.69) is 20.3 Å². The maximum absolute atomic E-state index is 12.5. The first kappa shape index (κ1) is 15.7. The highest BCUT2D eigenvalue weighted by molar-refractivity contribution is 7.91. The molecule has 1 amide bonds. The van der Waals surface area contributed by atoms with Gasteiger partial charge in [-0.2, -0.15) is 4.98 Å². The van der Waals surface area contributed by atoms with Crippen molar-refractivity contribution in [3.63, 3.8) is 0 Å². The molecule has 1 aliphatic heterocycles. The molecule has 1 fully saturated rings.